The molecule has 0 saturated heterocycles. The van der Waals surface area contributed by atoms with Gasteiger partial charge in [-0.25, -0.2) is 0 Å². The zero-order valence-corrected chi connectivity index (χ0v) is 11.7. The molecule has 1 unspecified atom stereocenters. The van der Waals surface area contributed by atoms with Gasteiger partial charge in [0.05, 0.1) is 19.1 Å². The van der Waals surface area contributed by atoms with Crippen LogP contribution in [-0.4, -0.2) is 41.8 Å². The van der Waals surface area contributed by atoms with E-state index in [2.05, 4.69) is 17.0 Å². The molecule has 1 aromatic carbocycles. The minimum Gasteiger partial charge on any atom is -0.466 e. The van der Waals surface area contributed by atoms with Crippen LogP contribution in [0.2, 0.25) is 0 Å². The molecule has 0 bridgehead atoms. The van der Waals surface area contributed by atoms with E-state index in [1.54, 1.807) is 6.92 Å². The van der Waals surface area contributed by atoms with E-state index in [0.717, 1.165) is 13.1 Å². The number of hydrogen-bond donors (Lipinski definition) is 1. The Morgan fingerprint density at radius 3 is 2.58 bits per heavy atom. The second-order valence-electron chi connectivity index (χ2n) is 4.48. The molecule has 0 saturated carbocycles. The quantitative estimate of drug-likeness (QED) is 0.728. The second kappa shape index (κ2) is 8.67. The third-order valence-corrected chi connectivity index (χ3v) is 2.87. The van der Waals surface area contributed by atoms with Crippen LogP contribution in [-0.2, 0) is 16.1 Å². The largest absolute Gasteiger partial charge is 0.466 e. The fraction of sp³-hybridized carbons (Fsp3) is 0.533. The van der Waals surface area contributed by atoms with Crippen LogP contribution in [0.5, 0.6) is 0 Å². The molecule has 0 spiro atoms. The summed E-state index contributed by atoms with van der Waals surface area (Å²) in [7, 11) is 0. The van der Waals surface area contributed by atoms with Gasteiger partial charge in [0.15, 0.2) is 0 Å². The van der Waals surface area contributed by atoms with Crippen molar-refractivity contribution in [3.05, 3.63) is 35.9 Å². The molecule has 0 fully saturated rings. The lowest BCUT2D eigenvalue weighted by molar-refractivity contribution is -0.145. The molecule has 4 nitrogen and oxygen atoms in total. The number of benzene rings is 1. The predicted molar refractivity (Wildman–Crippen MR) is 74.6 cm³/mol. The third-order valence-electron chi connectivity index (χ3n) is 2.87. The van der Waals surface area contributed by atoms with Gasteiger partial charge in [-0.15, -0.1) is 0 Å². The average molecular weight is 265 g/mol. The van der Waals surface area contributed by atoms with Crippen LogP contribution in [0.1, 0.15) is 25.8 Å². The van der Waals surface area contributed by atoms with Crippen LogP contribution >= 0.6 is 0 Å². The van der Waals surface area contributed by atoms with Crippen LogP contribution in [0.15, 0.2) is 30.3 Å². The van der Waals surface area contributed by atoms with E-state index in [9.17, 15) is 9.90 Å². The van der Waals surface area contributed by atoms with Crippen LogP contribution in [0.4, 0.5) is 0 Å². The lowest BCUT2D eigenvalue weighted by Crippen LogP contribution is -2.33. The molecule has 1 rings (SSSR count). The first-order chi connectivity index (χ1) is 9.15. The number of esters is 1. The number of nitrogens with zero attached hydrogens (tertiary/aromatic N) is 1. The van der Waals surface area contributed by atoms with Gasteiger partial charge in [0.1, 0.15) is 0 Å². The van der Waals surface area contributed by atoms with Crippen molar-refractivity contribution in [3.63, 3.8) is 0 Å². The standard InChI is InChI=1S/C15H23NO3/c1-3-16(11-13-8-6-5-7-9-13)12-14(17)10-15(18)19-4-2/h5-9,14,17H,3-4,10-12H2,1-2H3. The van der Waals surface area contributed by atoms with Gasteiger partial charge < -0.3 is 9.84 Å². The van der Waals surface area contributed by atoms with Gasteiger partial charge >= 0.3 is 5.97 Å². The van der Waals surface area contributed by atoms with Crippen LogP contribution in [0, 0.1) is 0 Å². The normalized spacial score (nSPS) is 12.4. The van der Waals surface area contributed by atoms with Crippen molar-refractivity contribution in [1.82, 2.24) is 4.90 Å². The van der Waals surface area contributed by atoms with E-state index in [0.29, 0.717) is 13.2 Å². The van der Waals surface area contributed by atoms with Gasteiger partial charge in [-0.1, -0.05) is 37.3 Å². The summed E-state index contributed by atoms with van der Waals surface area (Å²) in [6, 6.07) is 10.1. The molecule has 1 aromatic rings. The molecule has 0 heterocycles. The summed E-state index contributed by atoms with van der Waals surface area (Å²) in [6.07, 6.45) is -0.623. The maximum absolute atomic E-state index is 11.3. The molecule has 1 atom stereocenters. The van der Waals surface area contributed by atoms with Crippen molar-refractivity contribution in [2.75, 3.05) is 19.7 Å². The summed E-state index contributed by atoms with van der Waals surface area (Å²) in [5.74, 6) is -0.342. The van der Waals surface area contributed by atoms with Crippen LogP contribution < -0.4 is 0 Å². The fourth-order valence-electron chi connectivity index (χ4n) is 1.92. The molecule has 0 aliphatic carbocycles. The number of rotatable bonds is 8. The van der Waals surface area contributed by atoms with Crippen molar-refractivity contribution >= 4 is 5.97 Å². The van der Waals surface area contributed by atoms with Gasteiger partial charge in [-0.05, 0) is 19.0 Å². The van der Waals surface area contributed by atoms with Crippen molar-refractivity contribution in [1.29, 1.82) is 0 Å². The first-order valence-electron chi connectivity index (χ1n) is 6.75. The number of carbonyl (C=O) groups is 1. The molecule has 4 heteroatoms. The smallest absolute Gasteiger partial charge is 0.308 e. The van der Waals surface area contributed by atoms with E-state index in [1.807, 2.05) is 25.1 Å². The van der Waals surface area contributed by atoms with E-state index >= 15 is 0 Å². The summed E-state index contributed by atoms with van der Waals surface area (Å²) < 4.78 is 4.83. The minimum absolute atomic E-state index is 0.0547. The number of ether oxygens (including phenoxy) is 1. The van der Waals surface area contributed by atoms with Crippen molar-refractivity contribution < 1.29 is 14.6 Å². The molecular formula is C15H23NO3. The number of likely N-dealkylation sites (N-methyl/N-ethyl adjacent to an activating group) is 1. The summed E-state index contributed by atoms with van der Waals surface area (Å²) in [6.45, 7) is 6.24. The Kier molecular flexibility index (Phi) is 7.15. The molecule has 0 amide bonds. The van der Waals surface area contributed by atoms with Gasteiger partial charge in [-0.3, -0.25) is 9.69 Å². The fourth-order valence-corrected chi connectivity index (χ4v) is 1.92. The van der Waals surface area contributed by atoms with Crippen molar-refractivity contribution in [2.24, 2.45) is 0 Å². The number of aliphatic hydroxyl groups is 1. The number of carbonyl (C=O) groups excluding carboxylic acids is 1. The molecule has 0 aliphatic rings. The van der Waals surface area contributed by atoms with Crippen LogP contribution in [0.25, 0.3) is 0 Å². The maximum Gasteiger partial charge on any atom is 0.308 e. The average Bonchev–Trinajstić information content (AvgIpc) is 2.39. The van der Waals surface area contributed by atoms with Gasteiger partial charge in [0.2, 0.25) is 0 Å². The van der Waals surface area contributed by atoms with Gasteiger partial charge in [0, 0.05) is 13.1 Å². The van der Waals surface area contributed by atoms with Crippen molar-refractivity contribution in [2.45, 2.75) is 32.9 Å². The number of hydrogen-bond acceptors (Lipinski definition) is 4. The lowest BCUT2D eigenvalue weighted by Gasteiger charge is -2.23. The molecule has 19 heavy (non-hydrogen) atoms. The highest BCUT2D eigenvalue weighted by molar-refractivity contribution is 5.69. The summed E-state index contributed by atoms with van der Waals surface area (Å²) >= 11 is 0. The molecular weight excluding hydrogens is 242 g/mol. The van der Waals surface area contributed by atoms with Gasteiger partial charge in [0.25, 0.3) is 0 Å². The Labute approximate surface area is 115 Å². The number of aliphatic hydroxyl groups excluding tert-OH is 1. The first kappa shape index (κ1) is 15.7. The Morgan fingerprint density at radius 1 is 1.32 bits per heavy atom. The van der Waals surface area contributed by atoms with E-state index < -0.39 is 6.10 Å². The molecule has 0 radical (unpaired) electrons. The minimum atomic E-state index is -0.678. The molecule has 0 aromatic heterocycles. The SMILES string of the molecule is CCOC(=O)CC(O)CN(CC)Cc1ccccc1. The maximum atomic E-state index is 11.3. The monoisotopic (exact) mass is 265 g/mol. The van der Waals surface area contributed by atoms with E-state index in [4.69, 9.17) is 4.74 Å². The van der Waals surface area contributed by atoms with Crippen LogP contribution in [0.3, 0.4) is 0 Å². The van der Waals surface area contributed by atoms with E-state index in [1.165, 1.54) is 5.56 Å². The highest BCUT2D eigenvalue weighted by atomic mass is 16.5. The third kappa shape index (κ3) is 6.36. The Morgan fingerprint density at radius 2 is 2.00 bits per heavy atom. The summed E-state index contributed by atoms with van der Waals surface area (Å²) in [5, 5.41) is 9.88. The summed E-state index contributed by atoms with van der Waals surface area (Å²) in [5.41, 5.74) is 1.20. The lowest BCUT2D eigenvalue weighted by atomic mass is 10.2. The van der Waals surface area contributed by atoms with E-state index in [-0.39, 0.29) is 12.4 Å². The highest BCUT2D eigenvalue weighted by Gasteiger charge is 2.15. The van der Waals surface area contributed by atoms with Crippen molar-refractivity contribution in [3.8, 4) is 0 Å². The second-order valence-corrected chi connectivity index (χ2v) is 4.48. The summed E-state index contributed by atoms with van der Waals surface area (Å²) in [4.78, 5) is 13.4. The molecule has 0 aliphatic heterocycles. The van der Waals surface area contributed by atoms with Gasteiger partial charge in [-0.2, -0.15) is 0 Å². The topological polar surface area (TPSA) is 49.8 Å². The Bertz CT molecular complexity index is 367. The highest BCUT2D eigenvalue weighted by Crippen LogP contribution is 2.06. The first-order valence-corrected chi connectivity index (χ1v) is 6.75. The molecule has 106 valence electrons. The Balaban J connectivity index is 2.41. The predicted octanol–water partition coefficient (Wildman–Crippen LogP) is 1.82. The Hall–Kier alpha value is -1.39. The zero-order chi connectivity index (χ0) is 14.1. The zero-order valence-electron chi connectivity index (χ0n) is 11.7. The molecule has 1 N–H and O–H groups in total.